The van der Waals surface area contributed by atoms with E-state index in [1.54, 1.807) is 16.7 Å². The van der Waals surface area contributed by atoms with E-state index >= 15 is 0 Å². The second-order valence-corrected chi connectivity index (χ2v) is 5.89. The average molecular weight is 283 g/mol. The van der Waals surface area contributed by atoms with Gasteiger partial charge in [-0.15, -0.1) is 0 Å². The molecular formula is C12H17N3O3S. The largest absolute Gasteiger partial charge is 0.480 e. The van der Waals surface area contributed by atoms with Crippen molar-refractivity contribution in [1.82, 2.24) is 9.80 Å². The van der Waals surface area contributed by atoms with E-state index in [0.717, 1.165) is 18.6 Å². The van der Waals surface area contributed by atoms with Gasteiger partial charge in [0.1, 0.15) is 6.04 Å². The maximum Gasteiger partial charge on any atom is 0.327 e. The van der Waals surface area contributed by atoms with E-state index in [2.05, 4.69) is 0 Å². The fourth-order valence-electron chi connectivity index (χ4n) is 2.19. The number of thioether (sulfide) groups is 1. The van der Waals surface area contributed by atoms with E-state index < -0.39 is 12.0 Å². The maximum atomic E-state index is 12.5. The third-order valence-electron chi connectivity index (χ3n) is 3.36. The van der Waals surface area contributed by atoms with Crippen LogP contribution in [-0.4, -0.2) is 63.6 Å². The summed E-state index contributed by atoms with van der Waals surface area (Å²) in [4.78, 5) is 26.8. The molecular weight excluding hydrogens is 266 g/mol. The van der Waals surface area contributed by atoms with E-state index in [-0.39, 0.29) is 12.1 Å². The van der Waals surface area contributed by atoms with Crippen LogP contribution in [0.5, 0.6) is 0 Å². The van der Waals surface area contributed by atoms with Crippen LogP contribution in [0.25, 0.3) is 0 Å². The molecule has 19 heavy (non-hydrogen) atoms. The summed E-state index contributed by atoms with van der Waals surface area (Å²) in [7, 11) is 0. The number of urea groups is 1. The zero-order valence-electron chi connectivity index (χ0n) is 10.6. The minimum Gasteiger partial charge on any atom is -0.480 e. The number of rotatable bonds is 4. The molecule has 1 aliphatic carbocycles. The molecule has 0 aromatic rings. The Bertz CT molecular complexity index is 406. The summed E-state index contributed by atoms with van der Waals surface area (Å²) in [6.07, 6.45) is 2.21. The topological polar surface area (TPSA) is 84.6 Å². The first-order valence-corrected chi connectivity index (χ1v) is 7.55. The van der Waals surface area contributed by atoms with E-state index in [9.17, 15) is 14.7 Å². The highest BCUT2D eigenvalue weighted by molar-refractivity contribution is 7.99. The van der Waals surface area contributed by atoms with Crippen molar-refractivity contribution in [2.24, 2.45) is 0 Å². The quantitative estimate of drug-likeness (QED) is 0.831. The zero-order valence-corrected chi connectivity index (χ0v) is 11.4. The van der Waals surface area contributed by atoms with Crippen LogP contribution in [-0.2, 0) is 4.79 Å². The SMILES string of the molecule is N#CCCN(C(=O)N1CCSCC1C(=O)O)C1CC1. The summed E-state index contributed by atoms with van der Waals surface area (Å²) in [5, 5.41) is 17.8. The first kappa shape index (κ1) is 14.0. The van der Waals surface area contributed by atoms with Gasteiger partial charge in [-0.2, -0.15) is 17.0 Å². The second-order valence-electron chi connectivity index (χ2n) is 4.74. The van der Waals surface area contributed by atoms with Gasteiger partial charge in [-0.3, -0.25) is 0 Å². The minimum absolute atomic E-state index is 0.199. The standard InChI is InChI=1S/C12H17N3O3S/c13-4-1-5-14(9-2-3-9)12(18)15-6-7-19-8-10(15)11(16)17/h9-10H,1-3,5-8H2,(H,16,17). The Morgan fingerprint density at radius 3 is 2.79 bits per heavy atom. The highest BCUT2D eigenvalue weighted by atomic mass is 32.2. The highest BCUT2D eigenvalue weighted by Gasteiger charge is 2.39. The fraction of sp³-hybridized carbons (Fsp3) is 0.750. The van der Waals surface area contributed by atoms with Gasteiger partial charge in [0, 0.05) is 30.6 Å². The smallest absolute Gasteiger partial charge is 0.327 e. The van der Waals surface area contributed by atoms with Crippen molar-refractivity contribution in [3.63, 3.8) is 0 Å². The molecule has 2 fully saturated rings. The van der Waals surface area contributed by atoms with Gasteiger partial charge in [0.05, 0.1) is 12.5 Å². The molecule has 0 aromatic heterocycles. The molecule has 1 saturated carbocycles. The predicted octanol–water partition coefficient (Wildman–Crippen LogP) is 0.986. The van der Waals surface area contributed by atoms with E-state index in [0.29, 0.717) is 25.3 Å². The van der Waals surface area contributed by atoms with Gasteiger partial charge in [-0.25, -0.2) is 9.59 Å². The van der Waals surface area contributed by atoms with Crippen LogP contribution in [0.1, 0.15) is 19.3 Å². The Labute approximate surface area is 116 Å². The summed E-state index contributed by atoms with van der Waals surface area (Å²) in [5.41, 5.74) is 0. The van der Waals surface area contributed by atoms with Crippen molar-refractivity contribution in [2.75, 3.05) is 24.6 Å². The number of hydrogen-bond donors (Lipinski definition) is 1. The van der Waals surface area contributed by atoms with Crippen molar-refractivity contribution in [1.29, 1.82) is 5.26 Å². The number of aliphatic carboxylic acids is 1. The van der Waals surface area contributed by atoms with Crippen molar-refractivity contribution in [3.05, 3.63) is 0 Å². The minimum atomic E-state index is -0.948. The van der Waals surface area contributed by atoms with Crippen molar-refractivity contribution in [2.45, 2.75) is 31.3 Å². The lowest BCUT2D eigenvalue weighted by molar-refractivity contribution is -0.141. The molecule has 1 unspecified atom stereocenters. The lowest BCUT2D eigenvalue weighted by Gasteiger charge is -2.36. The van der Waals surface area contributed by atoms with E-state index in [4.69, 9.17) is 5.26 Å². The van der Waals surface area contributed by atoms with Crippen LogP contribution in [0, 0.1) is 11.3 Å². The fourth-order valence-corrected chi connectivity index (χ4v) is 3.23. The van der Waals surface area contributed by atoms with Crippen LogP contribution >= 0.6 is 11.8 Å². The highest BCUT2D eigenvalue weighted by Crippen LogP contribution is 2.29. The predicted molar refractivity (Wildman–Crippen MR) is 70.8 cm³/mol. The van der Waals surface area contributed by atoms with Gasteiger partial charge in [0.25, 0.3) is 0 Å². The monoisotopic (exact) mass is 283 g/mol. The van der Waals surface area contributed by atoms with Crippen LogP contribution in [0.15, 0.2) is 0 Å². The first-order chi connectivity index (χ1) is 9.15. The zero-order chi connectivity index (χ0) is 13.8. The van der Waals surface area contributed by atoms with Gasteiger partial charge >= 0.3 is 12.0 Å². The molecule has 1 aliphatic heterocycles. The molecule has 1 heterocycles. The molecule has 1 atom stereocenters. The van der Waals surface area contributed by atoms with Crippen molar-refractivity contribution < 1.29 is 14.7 Å². The van der Waals surface area contributed by atoms with Gasteiger partial charge < -0.3 is 14.9 Å². The molecule has 6 nitrogen and oxygen atoms in total. The molecule has 1 N–H and O–H groups in total. The summed E-state index contributed by atoms with van der Waals surface area (Å²) in [6.45, 7) is 0.867. The van der Waals surface area contributed by atoms with Gasteiger partial charge in [-0.05, 0) is 12.8 Å². The van der Waals surface area contributed by atoms with Crippen LogP contribution in [0.4, 0.5) is 4.79 Å². The number of carboxylic acids is 1. The Hall–Kier alpha value is -1.42. The number of carbonyl (C=O) groups is 2. The average Bonchev–Trinajstić information content (AvgIpc) is 3.23. The Morgan fingerprint density at radius 1 is 1.47 bits per heavy atom. The van der Waals surface area contributed by atoms with E-state index in [1.807, 2.05) is 6.07 Å². The Morgan fingerprint density at radius 2 is 2.21 bits per heavy atom. The number of carboxylic acid groups (broad SMARTS) is 1. The lowest BCUT2D eigenvalue weighted by Crippen LogP contribution is -2.55. The Balaban J connectivity index is 2.06. The number of carbonyl (C=O) groups excluding carboxylic acids is 1. The molecule has 0 spiro atoms. The number of hydrogen-bond acceptors (Lipinski definition) is 4. The lowest BCUT2D eigenvalue weighted by atomic mass is 10.2. The molecule has 2 amide bonds. The Kier molecular flexibility index (Phi) is 4.53. The number of amides is 2. The molecule has 0 bridgehead atoms. The number of nitrogens with zero attached hydrogens (tertiary/aromatic N) is 3. The van der Waals surface area contributed by atoms with Crippen molar-refractivity contribution in [3.8, 4) is 6.07 Å². The second kappa shape index (κ2) is 6.15. The summed E-state index contributed by atoms with van der Waals surface area (Å²) in [6, 6.07) is 1.28. The molecule has 7 heteroatoms. The third kappa shape index (κ3) is 3.32. The van der Waals surface area contributed by atoms with Crippen LogP contribution in [0.3, 0.4) is 0 Å². The summed E-state index contributed by atoms with van der Waals surface area (Å²) >= 11 is 1.56. The molecule has 2 aliphatic rings. The van der Waals surface area contributed by atoms with Gasteiger partial charge in [0.2, 0.25) is 0 Å². The van der Waals surface area contributed by atoms with Crippen molar-refractivity contribution >= 4 is 23.8 Å². The summed E-state index contributed by atoms with van der Waals surface area (Å²) in [5.74, 6) is 0.265. The number of nitriles is 1. The normalized spacial score (nSPS) is 22.7. The maximum absolute atomic E-state index is 12.5. The van der Waals surface area contributed by atoms with Gasteiger partial charge in [-0.1, -0.05) is 0 Å². The van der Waals surface area contributed by atoms with E-state index in [1.165, 1.54) is 4.90 Å². The molecule has 2 rings (SSSR count). The summed E-state index contributed by atoms with van der Waals surface area (Å²) < 4.78 is 0. The molecule has 0 aromatic carbocycles. The third-order valence-corrected chi connectivity index (χ3v) is 4.38. The molecule has 0 radical (unpaired) electrons. The van der Waals surface area contributed by atoms with Gasteiger partial charge in [0.15, 0.2) is 0 Å². The van der Waals surface area contributed by atoms with Crippen LogP contribution < -0.4 is 0 Å². The molecule has 104 valence electrons. The first-order valence-electron chi connectivity index (χ1n) is 6.40. The molecule has 1 saturated heterocycles. The van der Waals surface area contributed by atoms with Crippen LogP contribution in [0.2, 0.25) is 0 Å².